The minimum Gasteiger partial charge on any atom is -0.192 e. The van der Waals surface area contributed by atoms with Crippen molar-refractivity contribution >= 4 is 34.8 Å². The summed E-state index contributed by atoms with van der Waals surface area (Å²) in [5, 5.41) is 10.4. The molecule has 0 atom stereocenters. The summed E-state index contributed by atoms with van der Waals surface area (Å²) in [6.45, 7) is 0. The van der Waals surface area contributed by atoms with E-state index in [1.807, 2.05) is 6.07 Å². The van der Waals surface area contributed by atoms with Crippen LogP contribution in [-0.4, -0.2) is 0 Å². The first-order valence-electron chi connectivity index (χ1n) is 4.77. The third-order valence-electron chi connectivity index (χ3n) is 2.33. The number of halogens is 3. The molecule has 0 aliphatic heterocycles. The van der Waals surface area contributed by atoms with Crippen LogP contribution in [0.4, 0.5) is 0 Å². The molecule has 0 amide bonds. The molecular weight excluding hydrogens is 277 g/mol. The predicted octanol–water partition coefficient (Wildman–Crippen LogP) is 5.19. The second kappa shape index (κ2) is 4.98. The maximum atomic E-state index is 8.86. The number of nitriles is 1. The van der Waals surface area contributed by atoms with Gasteiger partial charge >= 0.3 is 0 Å². The van der Waals surface area contributed by atoms with Gasteiger partial charge in [-0.3, -0.25) is 0 Å². The van der Waals surface area contributed by atoms with E-state index in [0.717, 1.165) is 11.1 Å². The molecule has 2 aromatic carbocycles. The first-order chi connectivity index (χ1) is 8.11. The second-order valence-electron chi connectivity index (χ2n) is 3.44. The van der Waals surface area contributed by atoms with Crippen LogP contribution in [0.25, 0.3) is 11.1 Å². The van der Waals surface area contributed by atoms with Crippen molar-refractivity contribution < 1.29 is 0 Å². The van der Waals surface area contributed by atoms with Crippen molar-refractivity contribution in [1.29, 1.82) is 5.26 Å². The van der Waals surface area contributed by atoms with Crippen LogP contribution >= 0.6 is 34.8 Å². The normalized spacial score (nSPS) is 10.0. The molecule has 0 aromatic heterocycles. The number of hydrogen-bond acceptors (Lipinski definition) is 1. The van der Waals surface area contributed by atoms with Gasteiger partial charge in [0.05, 0.1) is 21.7 Å². The zero-order chi connectivity index (χ0) is 12.4. The van der Waals surface area contributed by atoms with Crippen LogP contribution in [0.2, 0.25) is 15.1 Å². The fourth-order valence-electron chi connectivity index (χ4n) is 1.48. The van der Waals surface area contributed by atoms with E-state index >= 15 is 0 Å². The number of nitrogens with zero attached hydrogens (tertiary/aromatic N) is 1. The lowest BCUT2D eigenvalue weighted by molar-refractivity contribution is 1.48. The topological polar surface area (TPSA) is 23.8 Å². The largest absolute Gasteiger partial charge is 0.192 e. The molecule has 0 aliphatic rings. The van der Waals surface area contributed by atoms with E-state index in [-0.39, 0.29) is 0 Å². The highest BCUT2D eigenvalue weighted by Gasteiger charge is 2.07. The van der Waals surface area contributed by atoms with E-state index in [0.29, 0.717) is 20.6 Å². The summed E-state index contributed by atoms with van der Waals surface area (Å²) < 4.78 is 0. The summed E-state index contributed by atoms with van der Waals surface area (Å²) in [5.41, 5.74) is 2.15. The molecule has 17 heavy (non-hydrogen) atoms. The van der Waals surface area contributed by atoms with Crippen LogP contribution in [0.3, 0.4) is 0 Å². The van der Waals surface area contributed by atoms with Crippen LogP contribution in [0.5, 0.6) is 0 Å². The Labute approximate surface area is 114 Å². The fraction of sp³-hybridized carbons (Fsp3) is 0. The molecule has 0 spiro atoms. The Kier molecular flexibility index (Phi) is 3.59. The third-order valence-corrected chi connectivity index (χ3v) is 3.39. The number of hydrogen-bond donors (Lipinski definition) is 0. The first-order valence-corrected chi connectivity index (χ1v) is 5.90. The number of rotatable bonds is 1. The predicted molar refractivity (Wildman–Crippen MR) is 71.6 cm³/mol. The van der Waals surface area contributed by atoms with Crippen molar-refractivity contribution in [2.75, 3.05) is 0 Å². The number of benzene rings is 2. The fourth-order valence-corrected chi connectivity index (χ4v) is 2.00. The Morgan fingerprint density at radius 2 is 1.53 bits per heavy atom. The van der Waals surface area contributed by atoms with E-state index in [1.165, 1.54) is 0 Å². The van der Waals surface area contributed by atoms with Gasteiger partial charge in [0.25, 0.3) is 0 Å². The van der Waals surface area contributed by atoms with Crippen LogP contribution in [0.15, 0.2) is 36.4 Å². The standard InChI is InChI=1S/C13H6Cl3N/c14-11-3-1-8(7-17)5-10(11)9-2-4-12(15)13(16)6-9/h1-6H. The van der Waals surface area contributed by atoms with Crippen molar-refractivity contribution in [2.45, 2.75) is 0 Å². The maximum Gasteiger partial charge on any atom is 0.0991 e. The lowest BCUT2D eigenvalue weighted by atomic mass is 10.0. The summed E-state index contributed by atoms with van der Waals surface area (Å²) in [6.07, 6.45) is 0. The van der Waals surface area contributed by atoms with Gasteiger partial charge in [-0.1, -0.05) is 40.9 Å². The molecule has 0 aliphatic carbocycles. The van der Waals surface area contributed by atoms with Crippen molar-refractivity contribution in [3.05, 3.63) is 57.0 Å². The SMILES string of the molecule is N#Cc1ccc(Cl)c(-c2ccc(Cl)c(Cl)c2)c1. The second-order valence-corrected chi connectivity index (χ2v) is 4.66. The Morgan fingerprint density at radius 3 is 2.18 bits per heavy atom. The van der Waals surface area contributed by atoms with E-state index in [1.54, 1.807) is 30.3 Å². The highest BCUT2D eigenvalue weighted by Crippen LogP contribution is 2.33. The first kappa shape index (κ1) is 12.3. The lowest BCUT2D eigenvalue weighted by Crippen LogP contribution is -1.83. The molecule has 2 aromatic rings. The van der Waals surface area contributed by atoms with Gasteiger partial charge < -0.3 is 0 Å². The molecule has 0 bridgehead atoms. The molecule has 0 unspecified atom stereocenters. The van der Waals surface area contributed by atoms with E-state index in [4.69, 9.17) is 40.1 Å². The molecule has 1 nitrogen and oxygen atoms in total. The quantitative estimate of drug-likeness (QED) is 0.706. The molecule has 0 radical (unpaired) electrons. The molecule has 0 saturated heterocycles. The molecule has 4 heteroatoms. The van der Waals surface area contributed by atoms with Gasteiger partial charge in [-0.25, -0.2) is 0 Å². The molecule has 0 N–H and O–H groups in total. The summed E-state index contributed by atoms with van der Waals surface area (Å²) >= 11 is 17.9. The van der Waals surface area contributed by atoms with E-state index in [2.05, 4.69) is 6.07 Å². The summed E-state index contributed by atoms with van der Waals surface area (Å²) in [5.74, 6) is 0. The minimum atomic E-state index is 0.461. The van der Waals surface area contributed by atoms with Crippen molar-refractivity contribution in [2.24, 2.45) is 0 Å². The van der Waals surface area contributed by atoms with Crippen LogP contribution in [0.1, 0.15) is 5.56 Å². The molecule has 0 fully saturated rings. The zero-order valence-corrected chi connectivity index (χ0v) is 10.8. The average Bonchev–Trinajstić information content (AvgIpc) is 2.33. The lowest BCUT2D eigenvalue weighted by Gasteiger charge is -2.06. The Hall–Kier alpha value is -1.20. The van der Waals surface area contributed by atoms with Gasteiger partial charge in [-0.2, -0.15) is 5.26 Å². The zero-order valence-electron chi connectivity index (χ0n) is 8.55. The highest BCUT2D eigenvalue weighted by molar-refractivity contribution is 6.42. The van der Waals surface area contributed by atoms with Gasteiger partial charge in [0.1, 0.15) is 0 Å². The Balaban J connectivity index is 2.60. The van der Waals surface area contributed by atoms with Crippen molar-refractivity contribution in [3.8, 4) is 17.2 Å². The van der Waals surface area contributed by atoms with Gasteiger partial charge in [0.2, 0.25) is 0 Å². The van der Waals surface area contributed by atoms with Gasteiger partial charge in [0, 0.05) is 10.6 Å². The molecule has 2 rings (SSSR count). The van der Waals surface area contributed by atoms with Crippen LogP contribution in [-0.2, 0) is 0 Å². The third kappa shape index (κ3) is 2.56. The maximum absolute atomic E-state index is 8.86. The summed E-state index contributed by atoms with van der Waals surface area (Å²) in [4.78, 5) is 0. The monoisotopic (exact) mass is 281 g/mol. The van der Waals surface area contributed by atoms with Crippen LogP contribution < -0.4 is 0 Å². The van der Waals surface area contributed by atoms with E-state index < -0.39 is 0 Å². The molecule has 0 saturated carbocycles. The van der Waals surface area contributed by atoms with Crippen molar-refractivity contribution in [3.63, 3.8) is 0 Å². The highest BCUT2D eigenvalue weighted by atomic mass is 35.5. The molecule has 0 heterocycles. The minimum absolute atomic E-state index is 0.461. The molecule has 84 valence electrons. The Bertz CT molecular complexity index is 615. The van der Waals surface area contributed by atoms with Gasteiger partial charge in [-0.15, -0.1) is 0 Å². The molecular formula is C13H6Cl3N. The average molecular weight is 283 g/mol. The summed E-state index contributed by atoms with van der Waals surface area (Å²) in [7, 11) is 0. The smallest absolute Gasteiger partial charge is 0.0991 e. The van der Waals surface area contributed by atoms with Crippen molar-refractivity contribution in [1.82, 2.24) is 0 Å². The Morgan fingerprint density at radius 1 is 0.824 bits per heavy atom. The summed E-state index contributed by atoms with van der Waals surface area (Å²) in [6, 6.07) is 12.4. The van der Waals surface area contributed by atoms with Gasteiger partial charge in [-0.05, 0) is 35.9 Å². The van der Waals surface area contributed by atoms with E-state index in [9.17, 15) is 0 Å². The van der Waals surface area contributed by atoms with Gasteiger partial charge in [0.15, 0.2) is 0 Å². The van der Waals surface area contributed by atoms with Crippen LogP contribution in [0, 0.1) is 11.3 Å².